The number of amides is 1. The molecule has 0 saturated carbocycles. The van der Waals surface area contributed by atoms with Crippen molar-refractivity contribution >= 4 is 28.4 Å². The largest absolute Gasteiger partial charge is 0.454 e. The Morgan fingerprint density at radius 2 is 1.55 bits per heavy atom. The van der Waals surface area contributed by atoms with E-state index in [0.717, 1.165) is 29.2 Å². The second-order valence-corrected chi connectivity index (χ2v) is 6.84. The first-order chi connectivity index (χ1) is 14.0. The van der Waals surface area contributed by atoms with E-state index in [4.69, 9.17) is 4.74 Å². The number of benzene rings is 3. The molecule has 0 aromatic heterocycles. The minimum Gasteiger partial charge on any atom is -0.454 e. The molecule has 0 spiro atoms. The fraction of sp³-hybridized carbons (Fsp3) is 0.208. The van der Waals surface area contributed by atoms with Gasteiger partial charge in [-0.1, -0.05) is 54.6 Å². The van der Waals surface area contributed by atoms with Crippen LogP contribution in [0.4, 0.5) is 0 Å². The molecule has 0 fully saturated rings. The maximum atomic E-state index is 12.3. The van der Waals surface area contributed by atoms with Crippen molar-refractivity contribution in [2.24, 2.45) is 0 Å². The lowest BCUT2D eigenvalue weighted by atomic mass is 10.1. The highest BCUT2D eigenvalue weighted by atomic mass is 16.5. The number of carbonyl (C=O) groups excluding carboxylic acids is 3. The lowest BCUT2D eigenvalue weighted by Crippen LogP contribution is -2.21. The molecule has 0 bridgehead atoms. The number of aryl methyl sites for hydroxylation is 1. The summed E-state index contributed by atoms with van der Waals surface area (Å²) in [5.74, 6) is -0.799. The summed E-state index contributed by atoms with van der Waals surface area (Å²) in [5.41, 5.74) is 2.01. The number of hydrogen-bond donors (Lipinski definition) is 1. The highest BCUT2D eigenvalue weighted by Gasteiger charge is 2.12. The number of fused-ring (bicyclic) bond motifs is 1. The molecule has 3 aromatic rings. The van der Waals surface area contributed by atoms with E-state index in [1.807, 2.05) is 42.5 Å². The minimum atomic E-state index is -0.515. The second-order valence-electron chi connectivity index (χ2n) is 6.84. The van der Waals surface area contributed by atoms with Crippen molar-refractivity contribution in [2.45, 2.75) is 19.8 Å². The van der Waals surface area contributed by atoms with Gasteiger partial charge in [-0.3, -0.25) is 9.59 Å². The van der Waals surface area contributed by atoms with E-state index in [-0.39, 0.29) is 18.3 Å². The summed E-state index contributed by atoms with van der Waals surface area (Å²) in [7, 11) is 0. The molecule has 3 rings (SSSR count). The molecule has 0 aliphatic heterocycles. The van der Waals surface area contributed by atoms with Crippen molar-refractivity contribution in [3.05, 3.63) is 83.4 Å². The van der Waals surface area contributed by atoms with Gasteiger partial charge in [0.2, 0.25) is 5.91 Å². The molecule has 0 heterocycles. The molecule has 0 radical (unpaired) electrons. The van der Waals surface area contributed by atoms with Gasteiger partial charge in [0.15, 0.2) is 12.4 Å². The fourth-order valence-corrected chi connectivity index (χ4v) is 3.03. The molecule has 0 saturated heterocycles. The van der Waals surface area contributed by atoms with Gasteiger partial charge in [-0.25, -0.2) is 4.79 Å². The smallest absolute Gasteiger partial charge is 0.338 e. The lowest BCUT2D eigenvalue weighted by Gasteiger charge is -2.07. The third-order valence-electron chi connectivity index (χ3n) is 4.61. The van der Waals surface area contributed by atoms with Gasteiger partial charge in [-0.15, -0.1) is 0 Å². The Morgan fingerprint density at radius 3 is 2.28 bits per heavy atom. The first kappa shape index (κ1) is 20.3. The quantitative estimate of drug-likeness (QED) is 0.360. The van der Waals surface area contributed by atoms with Gasteiger partial charge in [0.25, 0.3) is 0 Å². The van der Waals surface area contributed by atoms with Gasteiger partial charge in [-0.05, 0) is 41.3 Å². The lowest BCUT2D eigenvalue weighted by molar-refractivity contribution is -0.118. The van der Waals surface area contributed by atoms with Crippen LogP contribution in [0.2, 0.25) is 0 Å². The Bertz CT molecular complexity index is 1020. The summed E-state index contributed by atoms with van der Waals surface area (Å²) in [6, 6.07) is 20.3. The first-order valence-corrected chi connectivity index (χ1v) is 9.55. The van der Waals surface area contributed by atoms with Gasteiger partial charge < -0.3 is 10.1 Å². The van der Waals surface area contributed by atoms with Crippen LogP contribution < -0.4 is 5.32 Å². The Morgan fingerprint density at radius 1 is 0.862 bits per heavy atom. The molecule has 0 atom stereocenters. The Kier molecular flexibility index (Phi) is 6.74. The predicted octanol–water partition coefficient (Wildman–Crippen LogP) is 3.95. The molecule has 3 aromatic carbocycles. The standard InChI is InChI=1S/C24H23NO4/c1-17(26)25-14-4-5-18-8-10-20(11-9-18)23(27)16-29-24(28)22-13-12-19-6-2-3-7-21(19)15-22/h2-3,6-13,15H,4-5,14,16H2,1H3,(H,25,26). The summed E-state index contributed by atoms with van der Waals surface area (Å²) < 4.78 is 5.20. The van der Waals surface area contributed by atoms with Crippen molar-refractivity contribution in [1.82, 2.24) is 5.32 Å². The number of ether oxygens (including phenoxy) is 1. The Hall–Kier alpha value is -3.47. The third-order valence-corrected chi connectivity index (χ3v) is 4.61. The number of ketones is 1. The zero-order chi connectivity index (χ0) is 20.6. The second kappa shape index (κ2) is 9.64. The summed E-state index contributed by atoms with van der Waals surface area (Å²) >= 11 is 0. The summed E-state index contributed by atoms with van der Waals surface area (Å²) in [4.78, 5) is 35.4. The summed E-state index contributed by atoms with van der Waals surface area (Å²) in [5, 5.41) is 4.74. The van der Waals surface area contributed by atoms with E-state index >= 15 is 0 Å². The molecule has 0 unspecified atom stereocenters. The molecule has 148 valence electrons. The predicted molar refractivity (Wildman–Crippen MR) is 112 cm³/mol. The highest BCUT2D eigenvalue weighted by Crippen LogP contribution is 2.16. The van der Waals surface area contributed by atoms with E-state index in [1.54, 1.807) is 24.3 Å². The fourth-order valence-electron chi connectivity index (χ4n) is 3.03. The van der Waals surface area contributed by atoms with Crippen molar-refractivity contribution in [3.8, 4) is 0 Å². The molecule has 5 heteroatoms. The minimum absolute atomic E-state index is 0.0378. The van der Waals surface area contributed by atoms with Crippen LogP contribution in [0.1, 0.15) is 39.6 Å². The van der Waals surface area contributed by atoms with Gasteiger partial charge >= 0.3 is 5.97 Å². The molecule has 5 nitrogen and oxygen atoms in total. The molecule has 1 amide bonds. The molecular weight excluding hydrogens is 366 g/mol. The van der Waals surface area contributed by atoms with Crippen molar-refractivity contribution in [1.29, 1.82) is 0 Å². The number of Topliss-reactive ketones (excluding diaryl/α,β-unsaturated/α-hetero) is 1. The molecule has 0 aliphatic rings. The third kappa shape index (κ3) is 5.75. The van der Waals surface area contributed by atoms with E-state index < -0.39 is 5.97 Å². The average molecular weight is 389 g/mol. The van der Waals surface area contributed by atoms with Crippen LogP contribution >= 0.6 is 0 Å². The normalized spacial score (nSPS) is 10.5. The van der Waals surface area contributed by atoms with Crippen LogP contribution in [-0.2, 0) is 16.0 Å². The first-order valence-electron chi connectivity index (χ1n) is 9.55. The van der Waals surface area contributed by atoms with Gasteiger partial charge in [-0.2, -0.15) is 0 Å². The maximum Gasteiger partial charge on any atom is 0.338 e. The van der Waals surface area contributed by atoms with Crippen molar-refractivity contribution in [3.63, 3.8) is 0 Å². The molecule has 1 N–H and O–H groups in total. The molecule has 29 heavy (non-hydrogen) atoms. The highest BCUT2D eigenvalue weighted by molar-refractivity contribution is 6.00. The average Bonchev–Trinajstić information content (AvgIpc) is 2.74. The van der Waals surface area contributed by atoms with Crippen molar-refractivity contribution < 1.29 is 19.1 Å². The molecular formula is C24H23NO4. The van der Waals surface area contributed by atoms with E-state index in [9.17, 15) is 14.4 Å². The number of esters is 1. The van der Waals surface area contributed by atoms with Crippen molar-refractivity contribution in [2.75, 3.05) is 13.2 Å². The van der Waals surface area contributed by atoms with Crippen LogP contribution in [-0.4, -0.2) is 30.8 Å². The van der Waals surface area contributed by atoms with Crippen LogP contribution in [0.25, 0.3) is 10.8 Å². The van der Waals surface area contributed by atoms with E-state index in [1.165, 1.54) is 6.92 Å². The Labute approximate surface area is 169 Å². The zero-order valence-corrected chi connectivity index (χ0v) is 16.3. The number of carbonyl (C=O) groups is 3. The van der Waals surface area contributed by atoms with Crippen LogP contribution in [0.3, 0.4) is 0 Å². The number of nitrogens with one attached hydrogen (secondary N) is 1. The van der Waals surface area contributed by atoms with Crippen LogP contribution in [0.5, 0.6) is 0 Å². The number of rotatable bonds is 8. The Balaban J connectivity index is 1.51. The summed E-state index contributed by atoms with van der Waals surface area (Å²) in [6.07, 6.45) is 1.64. The van der Waals surface area contributed by atoms with Gasteiger partial charge in [0.1, 0.15) is 0 Å². The SMILES string of the molecule is CC(=O)NCCCc1ccc(C(=O)COC(=O)c2ccc3ccccc3c2)cc1. The van der Waals surface area contributed by atoms with Crippen LogP contribution in [0.15, 0.2) is 66.7 Å². The van der Waals surface area contributed by atoms with Crippen LogP contribution in [0, 0.1) is 0 Å². The monoisotopic (exact) mass is 389 g/mol. The van der Waals surface area contributed by atoms with Gasteiger partial charge in [0, 0.05) is 19.0 Å². The van der Waals surface area contributed by atoms with E-state index in [0.29, 0.717) is 17.7 Å². The van der Waals surface area contributed by atoms with Gasteiger partial charge in [0.05, 0.1) is 5.56 Å². The van der Waals surface area contributed by atoms with E-state index in [2.05, 4.69) is 5.32 Å². The maximum absolute atomic E-state index is 12.3. The summed E-state index contributed by atoms with van der Waals surface area (Å²) in [6.45, 7) is 1.82. The number of hydrogen-bond acceptors (Lipinski definition) is 4. The zero-order valence-electron chi connectivity index (χ0n) is 16.3. The topological polar surface area (TPSA) is 72.5 Å². The molecule has 0 aliphatic carbocycles.